The summed E-state index contributed by atoms with van der Waals surface area (Å²) in [5.41, 5.74) is 2.67. The number of carbonyl (C=O) groups is 4. The minimum absolute atomic E-state index is 0.0185. The molecule has 2 aromatic heterocycles. The topological polar surface area (TPSA) is 401 Å². The highest BCUT2D eigenvalue weighted by Gasteiger charge is 2.50. The van der Waals surface area contributed by atoms with E-state index in [9.17, 15) is 67.8 Å². The highest BCUT2D eigenvalue weighted by molar-refractivity contribution is 8.13. The van der Waals surface area contributed by atoms with Crippen LogP contribution in [0.5, 0.6) is 0 Å². The molecule has 7 atom stereocenters. The number of phosphoric ester groups is 3. The van der Waals surface area contributed by atoms with Gasteiger partial charge >= 0.3 is 29.4 Å². The maximum absolute atomic E-state index is 12.7. The van der Waals surface area contributed by atoms with Crippen molar-refractivity contribution < 1.29 is 90.4 Å². The number of carbonyl (C=O) groups excluding carboxylic acids is 3. The quantitative estimate of drug-likeness (QED) is 0.0384. The number of nitrogen functional groups attached to an aromatic ring is 1. The molecule has 1 saturated heterocycles. The molecule has 2 unspecified atom stereocenters. The molecule has 3 rings (SSSR count). The van der Waals surface area contributed by atoms with Crippen LogP contribution in [-0.4, -0.2) is 134 Å². The highest BCUT2D eigenvalue weighted by Crippen LogP contribution is 2.61. The summed E-state index contributed by atoms with van der Waals surface area (Å²) < 4.78 is 62.1. The van der Waals surface area contributed by atoms with E-state index in [1.807, 2.05) is 0 Å². The molecule has 11 N–H and O–H groups in total. The third kappa shape index (κ3) is 13.0. The molecule has 1 fully saturated rings. The zero-order chi connectivity index (χ0) is 43.9. The smallest absolute Gasteiger partial charge is 0.480 e. The van der Waals surface area contributed by atoms with Crippen molar-refractivity contribution in [1.29, 1.82) is 0 Å². The fourth-order valence-corrected chi connectivity index (χ4v) is 9.21. The molecule has 3 heterocycles. The minimum atomic E-state index is -5.60. The monoisotopic (exact) mass is 909 g/mol. The van der Waals surface area contributed by atoms with Crippen molar-refractivity contribution in [2.24, 2.45) is 10.8 Å². The number of nitrogens with one attached hydrogen (secondary N) is 2. The number of rotatable bonds is 23. The molecule has 1 aliphatic heterocycles. The van der Waals surface area contributed by atoms with Crippen molar-refractivity contribution in [2.45, 2.75) is 77.6 Å². The third-order valence-electron chi connectivity index (χ3n) is 8.74. The summed E-state index contributed by atoms with van der Waals surface area (Å²) in [6.45, 7) is 3.31. The van der Waals surface area contributed by atoms with E-state index in [1.54, 1.807) is 13.8 Å². The first-order chi connectivity index (χ1) is 26.8. The summed E-state index contributed by atoms with van der Waals surface area (Å²) in [5, 5.41) is 35.2. The number of hydrogen-bond acceptors (Lipinski definition) is 19. The van der Waals surface area contributed by atoms with Crippen LogP contribution in [0.1, 0.15) is 53.2 Å². The van der Waals surface area contributed by atoms with Gasteiger partial charge < -0.3 is 56.0 Å². The number of thioether (sulfide) groups is 1. The van der Waals surface area contributed by atoms with Gasteiger partial charge in [0, 0.05) is 30.7 Å². The molecule has 0 aliphatic carbocycles. The number of anilines is 1. The van der Waals surface area contributed by atoms with Gasteiger partial charge in [-0.15, -0.1) is 0 Å². The number of nitrogens with two attached hydrogens (primary N) is 1. The Kier molecular flexibility index (Phi) is 17.1. The summed E-state index contributed by atoms with van der Waals surface area (Å²) in [5.74, 6) is -2.75. The van der Waals surface area contributed by atoms with Crippen molar-refractivity contribution in [3.63, 3.8) is 0 Å². The third-order valence-corrected chi connectivity index (χ3v) is 12.9. The normalized spacial score (nSPS) is 21.6. The number of hydrogen-bond donors (Lipinski definition) is 10. The fourth-order valence-electron chi connectivity index (χ4n) is 5.34. The maximum Gasteiger partial charge on any atom is 0.481 e. The molecule has 30 heteroatoms. The number of carboxylic acid groups (broad SMARTS) is 1. The van der Waals surface area contributed by atoms with Gasteiger partial charge in [0.2, 0.25) is 16.9 Å². The maximum atomic E-state index is 12.7. The first-order valence-corrected chi connectivity index (χ1v) is 22.6. The second-order valence-corrected chi connectivity index (χ2v) is 18.6. The van der Waals surface area contributed by atoms with Crippen LogP contribution in [0.15, 0.2) is 12.7 Å². The summed E-state index contributed by atoms with van der Waals surface area (Å²) in [6.07, 6.45) is -6.92. The molecule has 2 amide bonds. The average molecular weight is 910 g/mol. The Hall–Kier alpha value is -2.97. The Morgan fingerprint density at radius 1 is 1.02 bits per heavy atom. The van der Waals surface area contributed by atoms with E-state index >= 15 is 0 Å². The summed E-state index contributed by atoms with van der Waals surface area (Å²) in [7, 11) is -16.5. The molecule has 1 aliphatic rings. The summed E-state index contributed by atoms with van der Waals surface area (Å²) >= 11 is 0.774. The van der Waals surface area contributed by atoms with Crippen molar-refractivity contribution in [2.75, 3.05) is 37.8 Å². The van der Waals surface area contributed by atoms with Crippen LogP contribution in [0.3, 0.4) is 0 Å². The summed E-state index contributed by atoms with van der Waals surface area (Å²) in [4.78, 5) is 99.7. The van der Waals surface area contributed by atoms with Gasteiger partial charge in [0.05, 0.1) is 19.5 Å². The molecule has 2 aromatic rings. The van der Waals surface area contributed by atoms with E-state index < -0.39 is 101 Å². The fraction of sp³-hybridized carbons (Fsp3) is 0.679. The number of aliphatic carboxylic acids is 1. The van der Waals surface area contributed by atoms with Crippen LogP contribution < -0.4 is 16.4 Å². The molecule has 58 heavy (non-hydrogen) atoms. The number of amides is 2. The minimum Gasteiger partial charge on any atom is -0.480 e. The summed E-state index contributed by atoms with van der Waals surface area (Å²) in [6, 6.07) is 0. The average Bonchev–Trinajstić information content (AvgIpc) is 3.68. The second-order valence-electron chi connectivity index (χ2n) is 13.3. The van der Waals surface area contributed by atoms with Crippen molar-refractivity contribution >= 4 is 75.1 Å². The number of imidazole rings is 1. The van der Waals surface area contributed by atoms with Crippen molar-refractivity contribution in [3.8, 4) is 0 Å². The Morgan fingerprint density at radius 2 is 1.66 bits per heavy atom. The number of ether oxygens (including phenoxy) is 1. The number of carboxylic acids is 1. The largest absolute Gasteiger partial charge is 0.481 e. The number of aliphatic hydroxyl groups is 2. The Bertz CT molecular complexity index is 1950. The lowest BCUT2D eigenvalue weighted by Crippen LogP contribution is -2.46. The first-order valence-electron chi connectivity index (χ1n) is 17.1. The van der Waals surface area contributed by atoms with Crippen LogP contribution in [0.4, 0.5) is 5.82 Å². The van der Waals surface area contributed by atoms with Gasteiger partial charge in [-0.3, -0.25) is 37.3 Å². The highest BCUT2D eigenvalue weighted by atomic mass is 32.2. The van der Waals surface area contributed by atoms with E-state index in [-0.39, 0.29) is 55.1 Å². The van der Waals surface area contributed by atoms with Crippen molar-refractivity contribution in [1.82, 2.24) is 30.2 Å². The first kappa shape index (κ1) is 49.4. The Balaban J connectivity index is 1.49. The Morgan fingerprint density at radius 3 is 2.26 bits per heavy atom. The SMILES string of the molecule is CCC(CC)(C(=O)O)C(=O)SCCNC(=O)CCNC(=O)[C@H](O)C(C)(C)COP(=O)(O)OP(=O)(O)OC[C@H]1O[C@@H](n2cnc3c(N)ncnc32)[C@H](O)[C@@H]1OP(=O)(O)O. The van der Waals surface area contributed by atoms with Gasteiger partial charge in [-0.05, 0) is 12.8 Å². The molecule has 0 spiro atoms. The van der Waals surface area contributed by atoms with E-state index in [0.29, 0.717) is 0 Å². The van der Waals surface area contributed by atoms with Gasteiger partial charge in [-0.25, -0.2) is 28.6 Å². The zero-order valence-corrected chi connectivity index (χ0v) is 34.8. The lowest BCUT2D eigenvalue weighted by atomic mass is 9.84. The number of nitrogens with zero attached hydrogens (tertiary/aromatic N) is 4. The van der Waals surface area contributed by atoms with E-state index in [2.05, 4.69) is 34.4 Å². The molecular formula is C28H46N7O19P3S. The number of phosphoric acid groups is 3. The molecular weight excluding hydrogens is 863 g/mol. The van der Waals surface area contributed by atoms with Gasteiger partial charge in [0.15, 0.2) is 17.7 Å². The molecule has 26 nitrogen and oxygen atoms in total. The van der Waals surface area contributed by atoms with E-state index in [1.165, 1.54) is 13.8 Å². The standard InChI is InChI=1S/C28H46N7O19P3S/c1-5-28(6-2,25(40)41)26(42)58-10-9-30-16(36)7-8-31-23(39)20(38)27(3,4)12-51-57(48,49)54-56(46,47)50-11-15-19(53-55(43,44)45)18(37)24(52-15)35-14-34-17-21(29)32-13-33-22(17)35/h13-15,18-20,24,37-38H,5-12H2,1-4H3,(H,30,36)(H,31,39)(H,40,41)(H,46,47)(H,48,49)(H2,29,32,33)(H2,43,44,45)/t15-,18-,19-,20+,24-/m1/s1. The number of aliphatic hydroxyl groups excluding tert-OH is 2. The van der Waals surface area contributed by atoms with E-state index in [4.69, 9.17) is 19.5 Å². The lowest BCUT2D eigenvalue weighted by molar-refractivity contribution is -0.152. The number of aromatic nitrogens is 4. The van der Waals surface area contributed by atoms with Crippen LogP contribution in [0.25, 0.3) is 11.2 Å². The van der Waals surface area contributed by atoms with Gasteiger partial charge in [0.1, 0.15) is 41.7 Å². The molecule has 328 valence electrons. The van der Waals surface area contributed by atoms with E-state index in [0.717, 1.165) is 29.0 Å². The number of fused-ring (bicyclic) bond motifs is 1. The Labute approximate surface area is 334 Å². The van der Waals surface area contributed by atoms with Crippen molar-refractivity contribution in [3.05, 3.63) is 12.7 Å². The van der Waals surface area contributed by atoms with Crippen LogP contribution in [0.2, 0.25) is 0 Å². The second kappa shape index (κ2) is 20.1. The molecule has 0 saturated carbocycles. The molecule has 0 radical (unpaired) electrons. The van der Waals surface area contributed by atoms with Gasteiger partial charge in [-0.2, -0.15) is 4.31 Å². The predicted molar refractivity (Wildman–Crippen MR) is 198 cm³/mol. The lowest BCUT2D eigenvalue weighted by Gasteiger charge is -2.30. The van der Waals surface area contributed by atoms with Crippen LogP contribution in [0, 0.1) is 10.8 Å². The van der Waals surface area contributed by atoms with Crippen LogP contribution in [-0.2, 0) is 55.5 Å². The molecule has 0 bridgehead atoms. The van der Waals surface area contributed by atoms with Gasteiger partial charge in [0.25, 0.3) is 0 Å². The van der Waals surface area contributed by atoms with Gasteiger partial charge in [-0.1, -0.05) is 39.5 Å². The zero-order valence-electron chi connectivity index (χ0n) is 31.3. The molecule has 0 aromatic carbocycles. The van der Waals surface area contributed by atoms with Crippen LogP contribution >= 0.6 is 35.2 Å². The predicted octanol–water partition coefficient (Wildman–Crippen LogP) is -0.444.